The van der Waals surface area contributed by atoms with E-state index in [2.05, 4.69) is 10.6 Å². The lowest BCUT2D eigenvalue weighted by Gasteiger charge is -2.32. The van der Waals surface area contributed by atoms with E-state index in [9.17, 15) is 9.59 Å². The summed E-state index contributed by atoms with van der Waals surface area (Å²) in [4.78, 5) is 23.5. The summed E-state index contributed by atoms with van der Waals surface area (Å²) >= 11 is 0. The zero-order valence-electron chi connectivity index (χ0n) is 11.3. The van der Waals surface area contributed by atoms with Gasteiger partial charge in [-0.15, -0.1) is 0 Å². The lowest BCUT2D eigenvalue weighted by atomic mass is 9.97. The van der Waals surface area contributed by atoms with Gasteiger partial charge in [-0.2, -0.15) is 0 Å². The van der Waals surface area contributed by atoms with Gasteiger partial charge in [0, 0.05) is 13.0 Å². The van der Waals surface area contributed by atoms with Gasteiger partial charge in [0.2, 0.25) is 5.91 Å². The molecule has 1 saturated heterocycles. The van der Waals surface area contributed by atoms with Crippen molar-refractivity contribution in [3.05, 3.63) is 35.9 Å². The van der Waals surface area contributed by atoms with Gasteiger partial charge in [-0.25, -0.2) is 4.79 Å². The second-order valence-corrected chi connectivity index (χ2v) is 4.60. The molecule has 2 N–H and O–H groups in total. The maximum absolute atomic E-state index is 11.7. The first-order chi connectivity index (χ1) is 9.70. The van der Waals surface area contributed by atoms with Crippen LogP contribution in [0.5, 0.6) is 0 Å². The monoisotopic (exact) mass is 278 g/mol. The van der Waals surface area contributed by atoms with Crippen LogP contribution in [0.2, 0.25) is 0 Å². The topological polar surface area (TPSA) is 76.7 Å². The van der Waals surface area contributed by atoms with E-state index in [4.69, 9.17) is 9.47 Å². The van der Waals surface area contributed by atoms with Gasteiger partial charge < -0.3 is 20.1 Å². The highest BCUT2D eigenvalue weighted by atomic mass is 16.5. The summed E-state index contributed by atoms with van der Waals surface area (Å²) in [5, 5.41) is 5.12. The van der Waals surface area contributed by atoms with Crippen molar-refractivity contribution in [2.24, 2.45) is 5.92 Å². The lowest BCUT2D eigenvalue weighted by Crippen LogP contribution is -2.55. The summed E-state index contributed by atoms with van der Waals surface area (Å²) in [5.41, 5.74) is 0.895. The molecule has 1 aliphatic heterocycles. The van der Waals surface area contributed by atoms with Crippen molar-refractivity contribution >= 4 is 12.0 Å². The predicted octanol–water partition coefficient (Wildman–Crippen LogP) is 0.674. The van der Waals surface area contributed by atoms with Gasteiger partial charge in [0.05, 0.1) is 13.2 Å². The maximum Gasteiger partial charge on any atom is 0.408 e. The van der Waals surface area contributed by atoms with Crippen molar-refractivity contribution in [1.29, 1.82) is 0 Å². The van der Waals surface area contributed by atoms with E-state index in [0.717, 1.165) is 5.56 Å². The molecule has 0 bridgehead atoms. The molecule has 0 aromatic heterocycles. The fraction of sp³-hybridized carbons (Fsp3) is 0.429. The number of nitrogens with one attached hydrogen (secondary N) is 2. The highest BCUT2D eigenvalue weighted by Gasteiger charge is 2.34. The molecule has 6 nitrogen and oxygen atoms in total. The SMILES string of the molecule is CNC(=O)[C@@H](NC(=O)OCc1ccccc1)C1COC1. The Morgan fingerprint density at radius 3 is 2.60 bits per heavy atom. The van der Waals surface area contributed by atoms with Gasteiger partial charge in [0.15, 0.2) is 0 Å². The van der Waals surface area contributed by atoms with Crippen molar-refractivity contribution in [3.63, 3.8) is 0 Å². The van der Waals surface area contributed by atoms with Crippen molar-refractivity contribution in [2.75, 3.05) is 20.3 Å². The molecule has 1 aromatic rings. The van der Waals surface area contributed by atoms with Crippen LogP contribution in [0.1, 0.15) is 5.56 Å². The van der Waals surface area contributed by atoms with E-state index < -0.39 is 12.1 Å². The molecule has 0 spiro atoms. The Hall–Kier alpha value is -2.08. The van der Waals surface area contributed by atoms with Crippen molar-refractivity contribution in [3.8, 4) is 0 Å². The van der Waals surface area contributed by atoms with Crippen molar-refractivity contribution in [2.45, 2.75) is 12.6 Å². The summed E-state index contributed by atoms with van der Waals surface area (Å²) in [6, 6.07) is 8.75. The Balaban J connectivity index is 1.83. The zero-order valence-corrected chi connectivity index (χ0v) is 11.3. The number of carbonyl (C=O) groups is 2. The lowest BCUT2D eigenvalue weighted by molar-refractivity contribution is -0.130. The van der Waals surface area contributed by atoms with Crippen molar-refractivity contribution in [1.82, 2.24) is 10.6 Å². The minimum atomic E-state index is -0.614. The van der Waals surface area contributed by atoms with Crippen LogP contribution >= 0.6 is 0 Å². The number of benzene rings is 1. The molecule has 1 fully saturated rings. The fourth-order valence-corrected chi connectivity index (χ4v) is 1.89. The first-order valence-corrected chi connectivity index (χ1v) is 6.47. The number of rotatable bonds is 5. The fourth-order valence-electron chi connectivity index (χ4n) is 1.89. The quantitative estimate of drug-likeness (QED) is 0.830. The molecule has 108 valence electrons. The summed E-state index contributed by atoms with van der Waals surface area (Å²) in [7, 11) is 1.53. The van der Waals surface area contributed by atoms with E-state index >= 15 is 0 Å². The van der Waals surface area contributed by atoms with E-state index in [0.29, 0.717) is 13.2 Å². The van der Waals surface area contributed by atoms with Gasteiger partial charge >= 0.3 is 6.09 Å². The molecule has 1 atom stereocenters. The first-order valence-electron chi connectivity index (χ1n) is 6.47. The van der Waals surface area contributed by atoms with Gasteiger partial charge in [-0.05, 0) is 5.56 Å². The number of amides is 2. The van der Waals surface area contributed by atoms with E-state index in [1.54, 1.807) is 0 Å². The minimum absolute atomic E-state index is 0.000717. The number of ether oxygens (including phenoxy) is 2. The Labute approximate surface area is 117 Å². The summed E-state index contributed by atoms with van der Waals surface area (Å²) in [6.07, 6.45) is -0.602. The van der Waals surface area contributed by atoms with Gasteiger partial charge in [0.25, 0.3) is 0 Å². The number of likely N-dealkylation sites (N-methyl/N-ethyl adjacent to an activating group) is 1. The average molecular weight is 278 g/mol. The molecule has 2 amide bonds. The maximum atomic E-state index is 11.7. The molecular formula is C14H18N2O4. The number of hydrogen-bond acceptors (Lipinski definition) is 4. The van der Waals surface area contributed by atoms with E-state index in [-0.39, 0.29) is 18.4 Å². The van der Waals surface area contributed by atoms with E-state index in [1.807, 2.05) is 30.3 Å². The van der Waals surface area contributed by atoms with Gasteiger partial charge in [-0.1, -0.05) is 30.3 Å². The molecule has 1 aromatic carbocycles. The van der Waals surface area contributed by atoms with Crippen LogP contribution in [0.15, 0.2) is 30.3 Å². The number of alkyl carbamates (subject to hydrolysis) is 1. The molecule has 1 aliphatic rings. The smallest absolute Gasteiger partial charge is 0.408 e. The highest BCUT2D eigenvalue weighted by molar-refractivity contribution is 5.85. The molecule has 6 heteroatoms. The molecule has 0 unspecified atom stereocenters. The molecule has 20 heavy (non-hydrogen) atoms. The normalized spacial score (nSPS) is 15.8. The molecule has 0 radical (unpaired) electrons. The van der Waals surface area contributed by atoms with Crippen LogP contribution in [0, 0.1) is 5.92 Å². The molecule has 0 aliphatic carbocycles. The van der Waals surface area contributed by atoms with Crippen molar-refractivity contribution < 1.29 is 19.1 Å². The third-order valence-electron chi connectivity index (χ3n) is 3.15. The number of hydrogen-bond donors (Lipinski definition) is 2. The zero-order chi connectivity index (χ0) is 14.4. The second-order valence-electron chi connectivity index (χ2n) is 4.60. The van der Waals surface area contributed by atoms with Crippen LogP contribution in [-0.2, 0) is 20.9 Å². The molecular weight excluding hydrogens is 260 g/mol. The van der Waals surface area contributed by atoms with Crippen LogP contribution < -0.4 is 10.6 Å². The third-order valence-corrected chi connectivity index (χ3v) is 3.15. The standard InChI is InChI=1S/C14H18N2O4/c1-15-13(17)12(11-8-19-9-11)16-14(18)20-7-10-5-3-2-4-6-10/h2-6,11-12H,7-9H2,1H3,(H,15,17)(H,16,18)/t12-/m0/s1. The summed E-state index contributed by atoms with van der Waals surface area (Å²) in [6.45, 7) is 1.11. The van der Waals surface area contributed by atoms with Gasteiger partial charge in [0.1, 0.15) is 12.6 Å². The molecule has 1 heterocycles. The second kappa shape index (κ2) is 6.91. The Morgan fingerprint density at radius 2 is 2.05 bits per heavy atom. The number of carbonyl (C=O) groups excluding carboxylic acids is 2. The Morgan fingerprint density at radius 1 is 1.35 bits per heavy atom. The average Bonchev–Trinajstić information content (AvgIpc) is 2.43. The first kappa shape index (κ1) is 14.3. The Kier molecular flexibility index (Phi) is 4.95. The van der Waals surface area contributed by atoms with Crippen LogP contribution in [-0.4, -0.2) is 38.3 Å². The Bertz CT molecular complexity index is 460. The largest absolute Gasteiger partial charge is 0.445 e. The minimum Gasteiger partial charge on any atom is -0.445 e. The highest BCUT2D eigenvalue weighted by Crippen LogP contribution is 2.15. The predicted molar refractivity (Wildman–Crippen MR) is 71.9 cm³/mol. The van der Waals surface area contributed by atoms with Crippen LogP contribution in [0.25, 0.3) is 0 Å². The van der Waals surface area contributed by atoms with Crippen LogP contribution in [0.4, 0.5) is 4.79 Å². The van der Waals surface area contributed by atoms with Gasteiger partial charge in [-0.3, -0.25) is 4.79 Å². The molecule has 2 rings (SSSR count). The van der Waals surface area contributed by atoms with E-state index in [1.165, 1.54) is 7.05 Å². The summed E-state index contributed by atoms with van der Waals surface area (Å²) in [5.74, 6) is -0.241. The molecule has 0 saturated carbocycles. The third kappa shape index (κ3) is 3.71. The van der Waals surface area contributed by atoms with Crippen LogP contribution in [0.3, 0.4) is 0 Å². The summed E-state index contributed by atoms with van der Waals surface area (Å²) < 4.78 is 10.2.